The average Bonchev–Trinajstić information content (AvgIpc) is 3.01. The van der Waals surface area contributed by atoms with Crippen molar-refractivity contribution in [3.8, 4) is 0 Å². The molecular formula is C26H33NO5S. The molecule has 2 aromatic carbocycles. The van der Waals surface area contributed by atoms with E-state index in [1.54, 1.807) is 30.3 Å². The largest absolute Gasteiger partial charge is 0.294 e. The predicted molar refractivity (Wildman–Crippen MR) is 128 cm³/mol. The maximum absolute atomic E-state index is 12.3. The van der Waals surface area contributed by atoms with Gasteiger partial charge in [-0.2, -0.15) is 8.42 Å². The maximum atomic E-state index is 12.3. The van der Waals surface area contributed by atoms with Crippen LogP contribution in [0.15, 0.2) is 47.4 Å². The molecule has 0 saturated carbocycles. The minimum atomic E-state index is -4.18. The smallest absolute Gasteiger partial charge is 0.282 e. The zero-order valence-corrected chi connectivity index (χ0v) is 20.1. The Morgan fingerprint density at radius 2 is 1.27 bits per heavy atom. The molecule has 6 nitrogen and oxygen atoms in total. The Labute approximate surface area is 196 Å². The van der Waals surface area contributed by atoms with Crippen LogP contribution < -0.4 is 0 Å². The number of unbranched alkanes of at least 4 members (excludes halogenated alkanes) is 8. The third-order valence-electron chi connectivity index (χ3n) is 6.20. The van der Waals surface area contributed by atoms with Gasteiger partial charge in [-0.3, -0.25) is 19.0 Å². The van der Waals surface area contributed by atoms with E-state index in [0.29, 0.717) is 29.7 Å². The Bertz CT molecular complexity index is 1060. The van der Waals surface area contributed by atoms with Crippen LogP contribution in [0.3, 0.4) is 0 Å². The molecule has 2 amide bonds. The highest BCUT2D eigenvalue weighted by Crippen LogP contribution is 2.23. The van der Waals surface area contributed by atoms with Gasteiger partial charge in [-0.15, -0.1) is 0 Å². The summed E-state index contributed by atoms with van der Waals surface area (Å²) in [6, 6.07) is 12.0. The topological polar surface area (TPSA) is 91.8 Å². The van der Waals surface area contributed by atoms with Crippen LogP contribution in [0.25, 0.3) is 0 Å². The van der Waals surface area contributed by atoms with E-state index in [-0.39, 0.29) is 16.7 Å². The van der Waals surface area contributed by atoms with Crippen molar-refractivity contribution < 1.29 is 22.6 Å². The molecule has 0 unspecified atom stereocenters. The van der Waals surface area contributed by atoms with Crippen LogP contribution in [0, 0.1) is 6.92 Å². The zero-order valence-electron chi connectivity index (χ0n) is 19.3. The molecule has 33 heavy (non-hydrogen) atoms. The van der Waals surface area contributed by atoms with Crippen molar-refractivity contribution in [2.45, 2.75) is 76.0 Å². The predicted octanol–water partition coefficient (Wildman–Crippen LogP) is 5.59. The van der Waals surface area contributed by atoms with E-state index in [9.17, 15) is 22.6 Å². The lowest BCUT2D eigenvalue weighted by atomic mass is 10.0. The van der Waals surface area contributed by atoms with Gasteiger partial charge in [0.25, 0.3) is 21.9 Å². The fourth-order valence-electron chi connectivity index (χ4n) is 4.42. The number of rotatable bonds is 13. The molecule has 7 heteroatoms. The molecule has 178 valence electrons. The second-order valence-corrected chi connectivity index (χ2v) is 10.2. The highest BCUT2D eigenvalue weighted by Gasteiger charge is 2.34. The van der Waals surface area contributed by atoms with Gasteiger partial charge in [0.05, 0.1) is 16.0 Å². The second kappa shape index (κ2) is 11.6. The van der Waals surface area contributed by atoms with Gasteiger partial charge in [0.2, 0.25) is 0 Å². The van der Waals surface area contributed by atoms with Gasteiger partial charge in [0, 0.05) is 6.54 Å². The van der Waals surface area contributed by atoms with E-state index in [1.165, 1.54) is 11.0 Å². The van der Waals surface area contributed by atoms with Gasteiger partial charge >= 0.3 is 0 Å². The van der Waals surface area contributed by atoms with Gasteiger partial charge in [-0.25, -0.2) is 0 Å². The summed E-state index contributed by atoms with van der Waals surface area (Å²) in [5.74, 6) is -0.352. The summed E-state index contributed by atoms with van der Waals surface area (Å²) in [5.41, 5.74) is 2.70. The molecular weight excluding hydrogens is 438 g/mol. The van der Waals surface area contributed by atoms with Crippen LogP contribution in [-0.4, -0.2) is 36.2 Å². The molecule has 3 rings (SSSR count). The summed E-state index contributed by atoms with van der Waals surface area (Å²) in [6.45, 7) is 2.40. The quantitative estimate of drug-likeness (QED) is 0.233. The number of benzene rings is 2. The summed E-state index contributed by atoms with van der Waals surface area (Å²) in [7, 11) is -4.18. The number of amides is 2. The summed E-state index contributed by atoms with van der Waals surface area (Å²) in [6.07, 6.45) is 10.0. The Kier molecular flexibility index (Phi) is 8.80. The third-order valence-corrected chi connectivity index (χ3v) is 7.15. The van der Waals surface area contributed by atoms with E-state index in [4.69, 9.17) is 0 Å². The normalized spacial score (nSPS) is 13.6. The number of imide groups is 1. The van der Waals surface area contributed by atoms with E-state index in [0.717, 1.165) is 63.4 Å². The molecule has 0 fully saturated rings. The first-order chi connectivity index (χ1) is 15.8. The summed E-state index contributed by atoms with van der Waals surface area (Å²) < 4.78 is 32.4. The first-order valence-corrected chi connectivity index (χ1v) is 13.3. The van der Waals surface area contributed by atoms with Crippen molar-refractivity contribution in [2.24, 2.45) is 0 Å². The molecule has 1 N–H and O–H groups in total. The molecule has 2 aromatic rings. The van der Waals surface area contributed by atoms with E-state index < -0.39 is 10.1 Å². The molecule has 0 saturated heterocycles. The molecule has 0 atom stereocenters. The standard InChI is InChI=1S/C26H33NO5S/c1-20-16-17-24(33(30,31)32)21(19-20)13-9-7-5-3-2-4-6-8-12-18-27-25(28)22-14-10-11-15-23(22)26(27)29/h10-11,14-17,19H,2-9,12-13,18H2,1H3,(H,30,31,32). The lowest BCUT2D eigenvalue weighted by Crippen LogP contribution is -2.30. The van der Waals surface area contributed by atoms with Crippen LogP contribution in [-0.2, 0) is 16.5 Å². The molecule has 1 aliphatic heterocycles. The van der Waals surface area contributed by atoms with Gasteiger partial charge < -0.3 is 0 Å². The Hall–Kier alpha value is -2.51. The highest BCUT2D eigenvalue weighted by atomic mass is 32.2. The van der Waals surface area contributed by atoms with Gasteiger partial charge in [0.1, 0.15) is 0 Å². The van der Waals surface area contributed by atoms with Crippen molar-refractivity contribution in [3.05, 3.63) is 64.7 Å². The Morgan fingerprint density at radius 1 is 0.758 bits per heavy atom. The van der Waals surface area contributed by atoms with Crippen molar-refractivity contribution in [1.29, 1.82) is 0 Å². The van der Waals surface area contributed by atoms with Crippen molar-refractivity contribution >= 4 is 21.9 Å². The van der Waals surface area contributed by atoms with Crippen LogP contribution in [0.4, 0.5) is 0 Å². The number of fused-ring (bicyclic) bond motifs is 1. The van der Waals surface area contributed by atoms with Gasteiger partial charge in [-0.05, 0) is 49.9 Å². The number of carbonyl (C=O) groups is 2. The summed E-state index contributed by atoms with van der Waals surface area (Å²) in [4.78, 5) is 26.1. The summed E-state index contributed by atoms with van der Waals surface area (Å²) >= 11 is 0. The van der Waals surface area contributed by atoms with Crippen LogP contribution >= 0.6 is 0 Å². The number of aryl methyl sites for hydroxylation is 2. The molecule has 1 aliphatic rings. The SMILES string of the molecule is Cc1ccc(S(=O)(=O)O)c(CCCCCCCCCCCN2C(=O)c3ccccc3C2=O)c1. The second-order valence-electron chi connectivity index (χ2n) is 8.83. The van der Waals surface area contributed by atoms with Crippen LogP contribution in [0.1, 0.15) is 89.6 Å². The van der Waals surface area contributed by atoms with Gasteiger partial charge in [-0.1, -0.05) is 74.8 Å². The van der Waals surface area contributed by atoms with Crippen molar-refractivity contribution in [3.63, 3.8) is 0 Å². The van der Waals surface area contributed by atoms with Gasteiger partial charge in [0.15, 0.2) is 0 Å². The number of carbonyl (C=O) groups excluding carboxylic acids is 2. The fourth-order valence-corrected chi connectivity index (χ4v) is 5.15. The maximum Gasteiger partial charge on any atom is 0.294 e. The zero-order chi connectivity index (χ0) is 23.8. The fraction of sp³-hybridized carbons (Fsp3) is 0.462. The number of nitrogens with zero attached hydrogens (tertiary/aromatic N) is 1. The molecule has 1 heterocycles. The average molecular weight is 472 g/mol. The number of hydrogen-bond donors (Lipinski definition) is 1. The first-order valence-electron chi connectivity index (χ1n) is 11.8. The Balaban J connectivity index is 1.24. The lowest BCUT2D eigenvalue weighted by Gasteiger charge is -2.13. The first kappa shape index (κ1) is 25.1. The van der Waals surface area contributed by atoms with Crippen LogP contribution in [0.5, 0.6) is 0 Å². The minimum absolute atomic E-state index is 0.0225. The van der Waals surface area contributed by atoms with Crippen molar-refractivity contribution in [1.82, 2.24) is 4.90 Å². The van der Waals surface area contributed by atoms with Crippen molar-refractivity contribution in [2.75, 3.05) is 6.54 Å². The molecule has 0 radical (unpaired) electrons. The van der Waals surface area contributed by atoms with E-state index >= 15 is 0 Å². The van der Waals surface area contributed by atoms with Crippen LogP contribution in [0.2, 0.25) is 0 Å². The summed E-state index contributed by atoms with van der Waals surface area (Å²) in [5, 5.41) is 0. The molecule has 0 bridgehead atoms. The molecule has 0 aliphatic carbocycles. The monoisotopic (exact) mass is 471 g/mol. The Morgan fingerprint density at radius 3 is 1.82 bits per heavy atom. The van der Waals surface area contributed by atoms with E-state index in [2.05, 4.69) is 0 Å². The third kappa shape index (κ3) is 6.74. The molecule has 0 aromatic heterocycles. The lowest BCUT2D eigenvalue weighted by molar-refractivity contribution is 0.0651. The molecule has 0 spiro atoms. The van der Waals surface area contributed by atoms with E-state index in [1.807, 2.05) is 13.0 Å². The highest BCUT2D eigenvalue weighted by molar-refractivity contribution is 7.85. The minimum Gasteiger partial charge on any atom is -0.282 e. The number of hydrogen-bond acceptors (Lipinski definition) is 4.